The third-order valence-corrected chi connectivity index (χ3v) is 4.25. The van der Waals surface area contributed by atoms with Crippen LogP contribution in [0.3, 0.4) is 0 Å². The number of anilines is 1. The van der Waals surface area contributed by atoms with Gasteiger partial charge in [0.1, 0.15) is 0 Å². The van der Waals surface area contributed by atoms with Crippen molar-refractivity contribution in [3.8, 4) is 0 Å². The van der Waals surface area contributed by atoms with E-state index in [9.17, 15) is 0 Å². The Bertz CT molecular complexity index is 472. The summed E-state index contributed by atoms with van der Waals surface area (Å²) >= 11 is 0. The molecule has 0 spiro atoms. The Kier molecular flexibility index (Phi) is 10.8. The maximum atomic E-state index is 4.41. The zero-order valence-corrected chi connectivity index (χ0v) is 15.9. The molecule has 0 aliphatic heterocycles. The summed E-state index contributed by atoms with van der Waals surface area (Å²) in [6, 6.07) is 7.77. The van der Waals surface area contributed by atoms with Gasteiger partial charge in [0.25, 0.3) is 0 Å². The van der Waals surface area contributed by atoms with Crippen LogP contribution >= 0.6 is 0 Å². The maximum Gasteiger partial charge on any atom is 0.0898 e. The van der Waals surface area contributed by atoms with Crippen molar-refractivity contribution in [1.29, 1.82) is 0 Å². The van der Waals surface area contributed by atoms with Crippen LogP contribution in [0.25, 0.3) is 0 Å². The van der Waals surface area contributed by atoms with Gasteiger partial charge in [-0.1, -0.05) is 39.0 Å². The first-order valence-corrected chi connectivity index (χ1v) is 9.35. The molecule has 0 N–H and O–H groups in total. The number of rotatable bonds is 6. The zero-order chi connectivity index (χ0) is 17.6. The highest BCUT2D eigenvalue weighted by Gasteiger charge is 2.10. The summed E-state index contributed by atoms with van der Waals surface area (Å²) in [4.78, 5) is 14.7. The molecule has 1 atom stereocenters. The minimum absolute atomic E-state index is 0.400. The quantitative estimate of drug-likeness (QED) is 0.671. The molecule has 0 aromatic carbocycles. The first-order chi connectivity index (χ1) is 11.6. The molecule has 0 amide bonds. The van der Waals surface area contributed by atoms with Crippen LogP contribution < -0.4 is 4.90 Å². The summed E-state index contributed by atoms with van der Waals surface area (Å²) in [7, 11) is 4.02. The fourth-order valence-electron chi connectivity index (χ4n) is 2.63. The molecule has 24 heavy (non-hydrogen) atoms. The lowest BCUT2D eigenvalue weighted by Gasteiger charge is -2.15. The molecule has 2 rings (SSSR count). The van der Waals surface area contributed by atoms with E-state index in [2.05, 4.69) is 34.8 Å². The molecule has 134 valence electrons. The van der Waals surface area contributed by atoms with E-state index in [0.29, 0.717) is 12.1 Å². The van der Waals surface area contributed by atoms with E-state index in [0.717, 1.165) is 0 Å². The smallest absolute Gasteiger partial charge is 0.0898 e. The minimum Gasteiger partial charge on any atom is -0.378 e. The van der Waals surface area contributed by atoms with Crippen LogP contribution in [0.4, 0.5) is 5.69 Å². The number of hydrogen-bond acceptors (Lipinski definition) is 4. The van der Waals surface area contributed by atoms with Crippen LogP contribution in [0.2, 0.25) is 0 Å². The predicted molar refractivity (Wildman–Crippen MR) is 104 cm³/mol. The fraction of sp³-hybridized carbons (Fsp3) is 0.700. The Balaban J connectivity index is 0.000000272. The van der Waals surface area contributed by atoms with Gasteiger partial charge in [0.2, 0.25) is 0 Å². The number of pyridine rings is 1. The molecule has 4 heteroatoms. The Morgan fingerprint density at radius 1 is 1.21 bits per heavy atom. The molecule has 1 aliphatic carbocycles. The van der Waals surface area contributed by atoms with Gasteiger partial charge >= 0.3 is 0 Å². The Morgan fingerprint density at radius 2 is 1.88 bits per heavy atom. The van der Waals surface area contributed by atoms with Crippen molar-refractivity contribution in [3.05, 3.63) is 24.5 Å². The number of unbranched alkanes of at least 4 members (excludes halogenated alkanes) is 1. The van der Waals surface area contributed by atoms with Crippen molar-refractivity contribution in [3.63, 3.8) is 0 Å². The second-order valence-corrected chi connectivity index (χ2v) is 6.74. The highest BCUT2D eigenvalue weighted by atomic mass is 15.1. The lowest BCUT2D eigenvalue weighted by Crippen LogP contribution is -2.08. The van der Waals surface area contributed by atoms with Gasteiger partial charge in [-0.05, 0) is 38.3 Å². The van der Waals surface area contributed by atoms with Crippen LogP contribution in [-0.4, -0.2) is 37.2 Å². The molecule has 0 bridgehead atoms. The standard InChI is InChI=1S/C13H24N2.C7H10N2/c1-3-4-8-12(2)14-11-15-13-9-6-5-7-10-13;1-9(2)7-3-5-8-6-4-7/h12-13H,3-10H2,1-2H3;3-6H,1-2H3. The van der Waals surface area contributed by atoms with Crippen LogP contribution in [0.1, 0.15) is 65.2 Å². The largest absolute Gasteiger partial charge is 0.378 e. The van der Waals surface area contributed by atoms with Crippen molar-refractivity contribution in [2.24, 2.45) is 9.98 Å². The van der Waals surface area contributed by atoms with Crippen LogP contribution in [0.5, 0.6) is 0 Å². The average molecular weight is 331 g/mol. The lowest BCUT2D eigenvalue weighted by atomic mass is 9.96. The molecule has 1 saturated carbocycles. The van der Waals surface area contributed by atoms with E-state index >= 15 is 0 Å². The Morgan fingerprint density at radius 3 is 2.42 bits per heavy atom. The fourth-order valence-corrected chi connectivity index (χ4v) is 2.63. The minimum atomic E-state index is 0.400. The third-order valence-electron chi connectivity index (χ3n) is 4.25. The lowest BCUT2D eigenvalue weighted by molar-refractivity contribution is 0.444. The molecule has 1 heterocycles. The number of aliphatic imine (C=N–C) groups is 2. The van der Waals surface area contributed by atoms with Crippen molar-refractivity contribution >= 4 is 11.7 Å². The first kappa shape index (κ1) is 20.4. The second-order valence-electron chi connectivity index (χ2n) is 6.74. The predicted octanol–water partition coefficient (Wildman–Crippen LogP) is 5.22. The molecule has 1 unspecified atom stereocenters. The summed E-state index contributed by atoms with van der Waals surface area (Å²) in [5.41, 5.74) is 1.19. The Hall–Kier alpha value is -1.67. The van der Waals surface area contributed by atoms with Crippen LogP contribution in [0.15, 0.2) is 34.5 Å². The normalized spacial score (nSPS) is 15.5. The molecule has 4 nitrogen and oxygen atoms in total. The summed E-state index contributed by atoms with van der Waals surface area (Å²) in [5, 5.41) is 0. The van der Waals surface area contributed by atoms with E-state index in [1.165, 1.54) is 57.1 Å². The third kappa shape index (κ3) is 9.46. The highest BCUT2D eigenvalue weighted by Crippen LogP contribution is 2.19. The van der Waals surface area contributed by atoms with Crippen molar-refractivity contribution in [2.45, 2.75) is 77.3 Å². The van der Waals surface area contributed by atoms with Gasteiger partial charge in [-0.15, -0.1) is 0 Å². The molecule has 0 saturated heterocycles. The SMILES string of the molecule is CCCCC(C)N=C=NC1CCCCC1.CN(C)c1ccncc1. The molecule has 1 aromatic heterocycles. The number of hydrogen-bond donors (Lipinski definition) is 0. The van der Waals surface area contributed by atoms with Crippen LogP contribution in [-0.2, 0) is 0 Å². The van der Waals surface area contributed by atoms with Crippen LogP contribution in [0, 0.1) is 0 Å². The highest BCUT2D eigenvalue weighted by molar-refractivity contribution is 5.42. The summed E-state index contributed by atoms with van der Waals surface area (Å²) < 4.78 is 0. The molecule has 1 fully saturated rings. The molecular weight excluding hydrogens is 296 g/mol. The van der Waals surface area contributed by atoms with E-state index < -0.39 is 0 Å². The van der Waals surface area contributed by atoms with Gasteiger partial charge in [-0.2, -0.15) is 0 Å². The second kappa shape index (κ2) is 12.7. The van der Waals surface area contributed by atoms with Gasteiger partial charge in [-0.25, -0.2) is 9.98 Å². The van der Waals surface area contributed by atoms with Crippen molar-refractivity contribution in [1.82, 2.24) is 4.98 Å². The van der Waals surface area contributed by atoms with E-state index in [1.807, 2.05) is 31.1 Å². The monoisotopic (exact) mass is 330 g/mol. The zero-order valence-electron chi connectivity index (χ0n) is 15.9. The van der Waals surface area contributed by atoms with Gasteiger partial charge in [0.05, 0.1) is 18.1 Å². The van der Waals surface area contributed by atoms with Gasteiger partial charge in [-0.3, -0.25) is 4.98 Å². The summed E-state index contributed by atoms with van der Waals surface area (Å²) in [6.07, 6.45) is 13.8. The van der Waals surface area contributed by atoms with E-state index in [4.69, 9.17) is 0 Å². The van der Waals surface area contributed by atoms with Gasteiger partial charge in [0.15, 0.2) is 0 Å². The van der Waals surface area contributed by atoms with E-state index in [1.54, 1.807) is 12.4 Å². The number of nitrogens with zero attached hydrogens (tertiary/aromatic N) is 4. The Labute approximate surface area is 148 Å². The van der Waals surface area contributed by atoms with E-state index in [-0.39, 0.29) is 0 Å². The molecule has 0 radical (unpaired) electrons. The molecule has 1 aliphatic rings. The van der Waals surface area contributed by atoms with Gasteiger partial charge < -0.3 is 4.90 Å². The first-order valence-electron chi connectivity index (χ1n) is 9.35. The summed E-state index contributed by atoms with van der Waals surface area (Å²) in [6.45, 7) is 4.37. The average Bonchev–Trinajstić information content (AvgIpc) is 2.62. The van der Waals surface area contributed by atoms with Crippen molar-refractivity contribution < 1.29 is 0 Å². The van der Waals surface area contributed by atoms with Gasteiger partial charge in [0, 0.05) is 32.2 Å². The summed E-state index contributed by atoms with van der Waals surface area (Å²) in [5.74, 6) is 0. The number of aromatic nitrogens is 1. The maximum absolute atomic E-state index is 4.41. The molecule has 1 aromatic rings. The molecular formula is C20H34N4. The topological polar surface area (TPSA) is 40.9 Å². The van der Waals surface area contributed by atoms with Crippen molar-refractivity contribution in [2.75, 3.05) is 19.0 Å².